The molecular formula is C16H16O4. The molecular weight excluding hydrogens is 256 g/mol. The van der Waals surface area contributed by atoms with Crippen LogP contribution >= 0.6 is 0 Å². The van der Waals surface area contributed by atoms with Gasteiger partial charge in [0, 0.05) is 17.7 Å². The Morgan fingerprint density at radius 2 is 1.90 bits per heavy atom. The fourth-order valence-electron chi connectivity index (χ4n) is 2.49. The van der Waals surface area contributed by atoms with Gasteiger partial charge in [-0.25, -0.2) is 0 Å². The van der Waals surface area contributed by atoms with Crippen LogP contribution in [0.15, 0.2) is 36.4 Å². The van der Waals surface area contributed by atoms with Crippen LogP contribution in [0.2, 0.25) is 0 Å². The summed E-state index contributed by atoms with van der Waals surface area (Å²) in [4.78, 5) is 0. The second-order valence-electron chi connectivity index (χ2n) is 4.86. The zero-order valence-electron chi connectivity index (χ0n) is 11.2. The highest BCUT2D eigenvalue weighted by Gasteiger charge is 2.24. The van der Waals surface area contributed by atoms with Gasteiger partial charge in [0.2, 0.25) is 0 Å². The topological polar surface area (TPSA) is 58.9 Å². The standard InChI is InChI=1S/C16H16O4/c1-19-12-8-14(18)13-6-7-15(20-16(13)9-12)10-2-4-11(17)5-3-10/h2-5,8-9,15,17-18H,6-7H2,1H3. The van der Waals surface area contributed by atoms with E-state index in [-0.39, 0.29) is 17.6 Å². The van der Waals surface area contributed by atoms with Gasteiger partial charge in [-0.05, 0) is 30.5 Å². The molecule has 0 amide bonds. The second kappa shape index (κ2) is 4.96. The number of hydrogen-bond donors (Lipinski definition) is 2. The van der Waals surface area contributed by atoms with Gasteiger partial charge in [-0.15, -0.1) is 0 Å². The minimum Gasteiger partial charge on any atom is -0.508 e. The molecule has 1 heterocycles. The minimum atomic E-state index is -0.0744. The predicted molar refractivity (Wildman–Crippen MR) is 74.5 cm³/mol. The van der Waals surface area contributed by atoms with E-state index in [4.69, 9.17) is 9.47 Å². The van der Waals surface area contributed by atoms with Gasteiger partial charge in [0.25, 0.3) is 0 Å². The van der Waals surface area contributed by atoms with Crippen molar-refractivity contribution in [3.63, 3.8) is 0 Å². The van der Waals surface area contributed by atoms with E-state index < -0.39 is 0 Å². The molecule has 0 saturated heterocycles. The Morgan fingerprint density at radius 3 is 2.60 bits per heavy atom. The van der Waals surface area contributed by atoms with Crippen molar-refractivity contribution in [1.29, 1.82) is 0 Å². The van der Waals surface area contributed by atoms with Crippen LogP contribution in [0.5, 0.6) is 23.0 Å². The number of fused-ring (bicyclic) bond motifs is 1. The van der Waals surface area contributed by atoms with Crippen LogP contribution in [0, 0.1) is 0 Å². The van der Waals surface area contributed by atoms with Crippen molar-refractivity contribution in [2.24, 2.45) is 0 Å². The summed E-state index contributed by atoms with van der Waals surface area (Å²) in [7, 11) is 1.56. The Bertz CT molecular complexity index is 619. The predicted octanol–water partition coefficient (Wildman–Crippen LogP) is 3.17. The van der Waals surface area contributed by atoms with Crippen LogP contribution in [0.1, 0.15) is 23.7 Å². The maximum Gasteiger partial charge on any atom is 0.130 e. The summed E-state index contributed by atoms with van der Waals surface area (Å²) in [6.07, 6.45) is 1.46. The second-order valence-corrected chi connectivity index (χ2v) is 4.86. The summed E-state index contributed by atoms with van der Waals surface area (Å²) in [5.41, 5.74) is 1.83. The third-order valence-electron chi connectivity index (χ3n) is 3.59. The molecule has 1 unspecified atom stereocenters. The lowest BCUT2D eigenvalue weighted by Gasteiger charge is -2.27. The smallest absolute Gasteiger partial charge is 0.130 e. The molecule has 4 heteroatoms. The molecule has 104 valence electrons. The molecule has 1 atom stereocenters. The Hall–Kier alpha value is -2.36. The number of ether oxygens (including phenoxy) is 2. The van der Waals surface area contributed by atoms with Crippen molar-refractivity contribution in [2.45, 2.75) is 18.9 Å². The number of benzene rings is 2. The lowest BCUT2D eigenvalue weighted by atomic mass is 9.96. The number of hydrogen-bond acceptors (Lipinski definition) is 4. The molecule has 0 aliphatic carbocycles. The normalized spacial score (nSPS) is 17.1. The van der Waals surface area contributed by atoms with Gasteiger partial charge in [-0.2, -0.15) is 0 Å². The van der Waals surface area contributed by atoms with Crippen LogP contribution in [-0.2, 0) is 6.42 Å². The van der Waals surface area contributed by atoms with Crippen LogP contribution in [0.25, 0.3) is 0 Å². The lowest BCUT2D eigenvalue weighted by Crippen LogP contribution is -2.15. The summed E-state index contributed by atoms with van der Waals surface area (Å²) in [5, 5.41) is 19.3. The monoisotopic (exact) mass is 272 g/mol. The highest BCUT2D eigenvalue weighted by atomic mass is 16.5. The fourth-order valence-corrected chi connectivity index (χ4v) is 2.49. The van der Waals surface area contributed by atoms with Gasteiger partial charge in [0.1, 0.15) is 29.1 Å². The van der Waals surface area contributed by atoms with Crippen molar-refractivity contribution in [1.82, 2.24) is 0 Å². The molecule has 1 aliphatic heterocycles. The molecule has 0 radical (unpaired) electrons. The van der Waals surface area contributed by atoms with Crippen LogP contribution < -0.4 is 9.47 Å². The molecule has 0 saturated carbocycles. The van der Waals surface area contributed by atoms with E-state index in [0.29, 0.717) is 11.5 Å². The van der Waals surface area contributed by atoms with Gasteiger partial charge >= 0.3 is 0 Å². The van der Waals surface area contributed by atoms with E-state index in [1.807, 2.05) is 12.1 Å². The maximum absolute atomic E-state index is 9.97. The summed E-state index contributed by atoms with van der Waals surface area (Å²) in [6, 6.07) is 10.4. The highest BCUT2D eigenvalue weighted by Crippen LogP contribution is 2.41. The van der Waals surface area contributed by atoms with Gasteiger partial charge in [-0.1, -0.05) is 12.1 Å². The Labute approximate surface area is 117 Å². The Balaban J connectivity index is 1.91. The quantitative estimate of drug-likeness (QED) is 0.881. The van der Waals surface area contributed by atoms with Crippen LogP contribution in [0.4, 0.5) is 0 Å². The lowest BCUT2D eigenvalue weighted by molar-refractivity contribution is 0.174. The van der Waals surface area contributed by atoms with Crippen molar-refractivity contribution >= 4 is 0 Å². The largest absolute Gasteiger partial charge is 0.508 e. The maximum atomic E-state index is 9.97. The summed E-state index contributed by atoms with van der Waals surface area (Å²) >= 11 is 0. The Morgan fingerprint density at radius 1 is 1.15 bits per heavy atom. The van der Waals surface area contributed by atoms with E-state index in [2.05, 4.69) is 0 Å². The third-order valence-corrected chi connectivity index (χ3v) is 3.59. The summed E-state index contributed by atoms with van der Waals surface area (Å²) in [5.74, 6) is 1.69. The first-order valence-electron chi connectivity index (χ1n) is 6.53. The fraction of sp³-hybridized carbons (Fsp3) is 0.250. The van der Waals surface area contributed by atoms with Crippen molar-refractivity contribution in [3.8, 4) is 23.0 Å². The number of rotatable bonds is 2. The summed E-state index contributed by atoms with van der Waals surface area (Å²) < 4.78 is 11.1. The van der Waals surface area contributed by atoms with Crippen LogP contribution in [0.3, 0.4) is 0 Å². The SMILES string of the molecule is COc1cc(O)c2c(c1)OC(c1ccc(O)cc1)CC2. The first-order valence-corrected chi connectivity index (χ1v) is 6.53. The van der Waals surface area contributed by atoms with Gasteiger partial charge in [0.05, 0.1) is 7.11 Å². The first-order chi connectivity index (χ1) is 9.67. The van der Waals surface area contributed by atoms with Crippen molar-refractivity contribution in [2.75, 3.05) is 7.11 Å². The number of methoxy groups -OCH3 is 1. The first kappa shape index (κ1) is 12.7. The molecule has 0 bridgehead atoms. The molecule has 3 rings (SSSR count). The molecule has 0 aromatic heterocycles. The van der Waals surface area contributed by atoms with Gasteiger partial charge in [-0.3, -0.25) is 0 Å². The highest BCUT2D eigenvalue weighted by molar-refractivity contribution is 5.51. The average Bonchev–Trinajstić information content (AvgIpc) is 2.47. The molecule has 2 N–H and O–H groups in total. The van der Waals surface area contributed by atoms with Gasteiger partial charge in [0.15, 0.2) is 0 Å². The van der Waals surface area contributed by atoms with E-state index >= 15 is 0 Å². The number of phenols is 2. The van der Waals surface area contributed by atoms with E-state index in [9.17, 15) is 10.2 Å². The van der Waals surface area contributed by atoms with E-state index in [1.54, 1.807) is 31.4 Å². The zero-order chi connectivity index (χ0) is 14.1. The molecule has 2 aromatic rings. The number of phenolic OH excluding ortho intramolecular Hbond substituents is 2. The van der Waals surface area contributed by atoms with E-state index in [0.717, 1.165) is 24.0 Å². The summed E-state index contributed by atoms with van der Waals surface area (Å²) in [6.45, 7) is 0. The molecule has 0 fully saturated rings. The molecule has 4 nitrogen and oxygen atoms in total. The number of aromatic hydroxyl groups is 2. The van der Waals surface area contributed by atoms with Gasteiger partial charge < -0.3 is 19.7 Å². The van der Waals surface area contributed by atoms with Crippen molar-refractivity contribution in [3.05, 3.63) is 47.5 Å². The molecule has 2 aromatic carbocycles. The molecule has 0 spiro atoms. The third kappa shape index (κ3) is 2.25. The zero-order valence-corrected chi connectivity index (χ0v) is 11.2. The molecule has 1 aliphatic rings. The van der Waals surface area contributed by atoms with Crippen LogP contribution in [-0.4, -0.2) is 17.3 Å². The minimum absolute atomic E-state index is 0.0744. The average molecular weight is 272 g/mol. The Kier molecular flexibility index (Phi) is 3.14. The van der Waals surface area contributed by atoms with Crippen molar-refractivity contribution < 1.29 is 19.7 Å². The van der Waals surface area contributed by atoms with E-state index in [1.165, 1.54) is 0 Å². The molecule has 20 heavy (non-hydrogen) atoms.